The summed E-state index contributed by atoms with van der Waals surface area (Å²) < 4.78 is 61.8. The molecule has 0 aromatic rings. The number of halogens is 5. The van der Waals surface area contributed by atoms with Crippen LogP contribution in [0.4, 0.5) is 22.0 Å². The molecule has 0 aromatic heterocycles. The van der Waals surface area contributed by atoms with Crippen molar-refractivity contribution in [3.8, 4) is 0 Å². The highest BCUT2D eigenvalue weighted by Crippen LogP contribution is 2.19. The highest BCUT2D eigenvalue weighted by Gasteiger charge is 2.27. The second kappa shape index (κ2) is 4.71. The fraction of sp³-hybridized carbons (Fsp3) is 1.00. The predicted molar refractivity (Wildman–Crippen MR) is 33.3 cm³/mol. The van der Waals surface area contributed by atoms with E-state index < -0.39 is 38.3 Å². The standard InChI is InChI=1S/C6H9F5O2/c7-5(8,9)1-3-13-4-2-6(10,11)12/h12H,1-4H2. The molecule has 0 aliphatic rings. The summed E-state index contributed by atoms with van der Waals surface area (Å²) in [5, 5.41) is 7.84. The van der Waals surface area contributed by atoms with Crippen molar-refractivity contribution in [2.45, 2.75) is 25.1 Å². The molecule has 0 spiro atoms. The minimum atomic E-state index is -4.35. The quantitative estimate of drug-likeness (QED) is 0.552. The molecule has 13 heavy (non-hydrogen) atoms. The van der Waals surface area contributed by atoms with Gasteiger partial charge in [0.1, 0.15) is 0 Å². The van der Waals surface area contributed by atoms with Crippen molar-refractivity contribution in [2.75, 3.05) is 13.2 Å². The largest absolute Gasteiger partial charge is 0.391 e. The lowest BCUT2D eigenvalue weighted by Gasteiger charge is -2.09. The van der Waals surface area contributed by atoms with E-state index in [9.17, 15) is 22.0 Å². The van der Waals surface area contributed by atoms with Crippen LogP contribution in [0.1, 0.15) is 12.8 Å². The summed E-state index contributed by atoms with van der Waals surface area (Å²) in [6.07, 6.45) is -10.4. The van der Waals surface area contributed by atoms with Gasteiger partial charge in [0.15, 0.2) is 0 Å². The molecule has 0 rings (SSSR count). The summed E-state index contributed by atoms with van der Waals surface area (Å²) in [6, 6.07) is 0. The lowest BCUT2D eigenvalue weighted by molar-refractivity contribution is -0.211. The van der Waals surface area contributed by atoms with E-state index in [0.29, 0.717) is 0 Å². The summed E-state index contributed by atoms with van der Waals surface area (Å²) in [4.78, 5) is 0. The molecule has 0 atom stereocenters. The van der Waals surface area contributed by atoms with E-state index in [1.54, 1.807) is 0 Å². The third-order valence-corrected chi connectivity index (χ3v) is 1.08. The van der Waals surface area contributed by atoms with Crippen molar-refractivity contribution in [3.63, 3.8) is 0 Å². The summed E-state index contributed by atoms with van der Waals surface area (Å²) in [5.74, 6) is 0. The van der Waals surface area contributed by atoms with Gasteiger partial charge in [-0.2, -0.15) is 22.0 Å². The van der Waals surface area contributed by atoms with Crippen molar-refractivity contribution < 1.29 is 31.8 Å². The molecule has 0 aromatic carbocycles. The molecular formula is C6H9F5O2. The average molecular weight is 208 g/mol. The molecule has 0 aliphatic heterocycles. The Kier molecular flexibility index (Phi) is 4.55. The van der Waals surface area contributed by atoms with E-state index in [2.05, 4.69) is 4.74 Å². The molecule has 2 nitrogen and oxygen atoms in total. The maximum absolute atomic E-state index is 11.6. The van der Waals surface area contributed by atoms with E-state index in [1.807, 2.05) is 0 Å². The van der Waals surface area contributed by atoms with Crippen LogP contribution in [0.25, 0.3) is 0 Å². The van der Waals surface area contributed by atoms with Gasteiger partial charge in [0.05, 0.1) is 26.1 Å². The van der Waals surface area contributed by atoms with Gasteiger partial charge in [-0.05, 0) is 0 Å². The highest BCUT2D eigenvalue weighted by molar-refractivity contribution is 4.50. The monoisotopic (exact) mass is 208 g/mol. The highest BCUT2D eigenvalue weighted by atomic mass is 19.4. The Morgan fingerprint density at radius 2 is 1.38 bits per heavy atom. The maximum atomic E-state index is 11.6. The molecule has 0 aliphatic carbocycles. The first-order valence-corrected chi connectivity index (χ1v) is 3.45. The summed E-state index contributed by atoms with van der Waals surface area (Å²) >= 11 is 0. The maximum Gasteiger partial charge on any atom is 0.391 e. The van der Waals surface area contributed by atoms with Gasteiger partial charge in [-0.1, -0.05) is 0 Å². The Bertz CT molecular complexity index is 123. The van der Waals surface area contributed by atoms with Crippen LogP contribution in [0.15, 0.2) is 0 Å². The lowest BCUT2D eigenvalue weighted by Crippen LogP contribution is -2.18. The van der Waals surface area contributed by atoms with Gasteiger partial charge in [-0.25, -0.2) is 0 Å². The molecule has 1 N–H and O–H groups in total. The Balaban J connectivity index is 3.28. The molecule has 0 saturated carbocycles. The van der Waals surface area contributed by atoms with Gasteiger partial charge >= 0.3 is 12.3 Å². The Labute approximate surface area is 71.3 Å². The second-order valence-corrected chi connectivity index (χ2v) is 2.39. The van der Waals surface area contributed by atoms with Crippen LogP contribution in [0.2, 0.25) is 0 Å². The summed E-state index contributed by atoms with van der Waals surface area (Å²) in [5.41, 5.74) is 0. The fourth-order valence-corrected chi connectivity index (χ4v) is 0.485. The first kappa shape index (κ1) is 12.6. The van der Waals surface area contributed by atoms with Gasteiger partial charge < -0.3 is 9.84 Å². The molecule has 0 amide bonds. The number of ether oxygens (including phenoxy) is 1. The Morgan fingerprint density at radius 1 is 0.923 bits per heavy atom. The zero-order valence-corrected chi connectivity index (χ0v) is 6.57. The second-order valence-electron chi connectivity index (χ2n) is 2.39. The SMILES string of the molecule is OC(F)(F)CCOCCC(F)(F)F. The molecule has 0 heterocycles. The lowest BCUT2D eigenvalue weighted by atomic mass is 10.4. The molecule has 0 radical (unpaired) electrons. The Hall–Kier alpha value is -0.430. The number of hydrogen-bond donors (Lipinski definition) is 1. The smallest absolute Gasteiger partial charge is 0.381 e. The van der Waals surface area contributed by atoms with Crippen LogP contribution in [-0.2, 0) is 4.74 Å². The third-order valence-electron chi connectivity index (χ3n) is 1.08. The van der Waals surface area contributed by atoms with Crippen LogP contribution >= 0.6 is 0 Å². The van der Waals surface area contributed by atoms with Crippen molar-refractivity contribution in [1.82, 2.24) is 0 Å². The van der Waals surface area contributed by atoms with Crippen LogP contribution in [0.3, 0.4) is 0 Å². The number of aliphatic hydroxyl groups is 1. The zero-order valence-electron chi connectivity index (χ0n) is 6.57. The van der Waals surface area contributed by atoms with Gasteiger partial charge in [0, 0.05) is 0 Å². The van der Waals surface area contributed by atoms with E-state index in [-0.39, 0.29) is 0 Å². The minimum absolute atomic E-state index is 0.598. The number of hydrogen-bond acceptors (Lipinski definition) is 2. The zero-order chi connectivity index (χ0) is 10.5. The first-order valence-electron chi connectivity index (χ1n) is 3.45. The molecule has 0 unspecified atom stereocenters. The van der Waals surface area contributed by atoms with Gasteiger partial charge in [-0.15, -0.1) is 0 Å². The van der Waals surface area contributed by atoms with Crippen LogP contribution in [0.5, 0.6) is 0 Å². The van der Waals surface area contributed by atoms with E-state index in [4.69, 9.17) is 5.11 Å². The molecular weight excluding hydrogens is 199 g/mol. The predicted octanol–water partition coefficient (Wildman–Crippen LogP) is 1.93. The van der Waals surface area contributed by atoms with Crippen LogP contribution in [0, 0.1) is 0 Å². The van der Waals surface area contributed by atoms with Gasteiger partial charge in [-0.3, -0.25) is 0 Å². The first-order chi connectivity index (χ1) is 5.71. The van der Waals surface area contributed by atoms with Crippen molar-refractivity contribution in [2.24, 2.45) is 0 Å². The molecule has 7 heteroatoms. The molecule has 0 saturated heterocycles. The third kappa shape index (κ3) is 11.6. The number of alkyl halides is 5. The van der Waals surface area contributed by atoms with Crippen LogP contribution < -0.4 is 0 Å². The van der Waals surface area contributed by atoms with E-state index in [0.717, 1.165) is 0 Å². The van der Waals surface area contributed by atoms with Crippen molar-refractivity contribution in [1.29, 1.82) is 0 Å². The topological polar surface area (TPSA) is 29.5 Å². The molecule has 0 bridgehead atoms. The van der Waals surface area contributed by atoms with Crippen LogP contribution in [-0.4, -0.2) is 30.6 Å². The normalized spacial score (nSPS) is 13.4. The summed E-state index contributed by atoms with van der Waals surface area (Å²) in [7, 11) is 0. The average Bonchev–Trinajstić information content (AvgIpc) is 1.81. The number of rotatable bonds is 5. The van der Waals surface area contributed by atoms with Gasteiger partial charge in [0.2, 0.25) is 0 Å². The summed E-state index contributed by atoms with van der Waals surface area (Å²) in [6.45, 7) is -1.26. The van der Waals surface area contributed by atoms with Crippen molar-refractivity contribution >= 4 is 0 Å². The van der Waals surface area contributed by atoms with E-state index >= 15 is 0 Å². The Morgan fingerprint density at radius 3 is 1.77 bits per heavy atom. The minimum Gasteiger partial charge on any atom is -0.381 e. The van der Waals surface area contributed by atoms with E-state index in [1.165, 1.54) is 0 Å². The fourth-order valence-electron chi connectivity index (χ4n) is 0.485. The molecule has 80 valence electrons. The molecule has 0 fully saturated rings. The van der Waals surface area contributed by atoms with Gasteiger partial charge in [0.25, 0.3) is 0 Å². The van der Waals surface area contributed by atoms with Crippen molar-refractivity contribution in [3.05, 3.63) is 0 Å².